The molecule has 5 nitrogen and oxygen atoms in total. The van der Waals surface area contributed by atoms with Crippen molar-refractivity contribution in [3.05, 3.63) is 95.1 Å². The second kappa shape index (κ2) is 7.56. The molecule has 0 heterocycles. The van der Waals surface area contributed by atoms with Crippen molar-refractivity contribution >= 4 is 11.9 Å². The molecule has 0 aromatic heterocycles. The molecule has 5 heteroatoms. The molecule has 4 rings (SSSR count). The van der Waals surface area contributed by atoms with Gasteiger partial charge in [-0.2, -0.15) is 0 Å². The Morgan fingerprint density at radius 3 is 2.07 bits per heavy atom. The van der Waals surface area contributed by atoms with Crippen LogP contribution in [0.4, 0.5) is 4.79 Å². The molecule has 0 bridgehead atoms. The van der Waals surface area contributed by atoms with Gasteiger partial charge in [-0.3, -0.25) is 5.41 Å². The minimum Gasteiger partial charge on any atom is -0.445 e. The van der Waals surface area contributed by atoms with Crippen LogP contribution in [0, 0.1) is 5.41 Å². The van der Waals surface area contributed by atoms with Crippen molar-refractivity contribution in [3.8, 4) is 11.1 Å². The molecule has 0 fully saturated rings. The molecule has 1 aliphatic carbocycles. The Hall–Kier alpha value is -3.60. The second-order valence-electron chi connectivity index (χ2n) is 6.79. The largest absolute Gasteiger partial charge is 0.445 e. The average Bonchev–Trinajstić information content (AvgIpc) is 3.05. The Kier molecular flexibility index (Phi) is 4.81. The highest BCUT2D eigenvalue weighted by Gasteiger charge is 2.28. The van der Waals surface area contributed by atoms with E-state index in [4.69, 9.17) is 15.9 Å². The van der Waals surface area contributed by atoms with Gasteiger partial charge in [0.15, 0.2) is 0 Å². The summed E-state index contributed by atoms with van der Waals surface area (Å²) in [6.07, 6.45) is -0.447. The minimum atomic E-state index is -0.447. The van der Waals surface area contributed by atoms with Gasteiger partial charge in [0.25, 0.3) is 0 Å². The summed E-state index contributed by atoms with van der Waals surface area (Å²) < 4.78 is 5.33. The first-order valence-corrected chi connectivity index (χ1v) is 9.15. The minimum absolute atomic E-state index is 0.0161. The first-order chi connectivity index (χ1) is 13.6. The third-order valence-electron chi connectivity index (χ3n) is 5.05. The number of alkyl carbamates (subject to hydrolysis) is 1. The van der Waals surface area contributed by atoms with Gasteiger partial charge in [-0.05, 0) is 27.8 Å². The number of carbonyl (C=O) groups is 1. The summed E-state index contributed by atoms with van der Waals surface area (Å²) in [6.45, 7) is 0.651. The van der Waals surface area contributed by atoms with E-state index in [9.17, 15) is 4.79 Å². The predicted molar refractivity (Wildman–Crippen MR) is 109 cm³/mol. The number of fused-ring (bicyclic) bond motifs is 3. The molecule has 3 aromatic carbocycles. The van der Waals surface area contributed by atoms with E-state index in [-0.39, 0.29) is 18.4 Å². The van der Waals surface area contributed by atoms with Crippen LogP contribution in [-0.2, 0) is 11.3 Å². The highest BCUT2D eigenvalue weighted by atomic mass is 16.5. The standard InChI is InChI=1S/C23H21N3O2/c24-22(25)16-11-9-15(10-12-16)14-28-23(27)26-13-21-19-7-3-1-5-17(19)18-6-2-4-8-20(18)21/h1-12,21H,13-14H2,(H3,24,25)(H,26,27). The molecule has 0 saturated carbocycles. The number of amidine groups is 1. The third-order valence-corrected chi connectivity index (χ3v) is 5.05. The molecule has 0 aliphatic heterocycles. The highest BCUT2D eigenvalue weighted by Crippen LogP contribution is 2.44. The lowest BCUT2D eigenvalue weighted by Gasteiger charge is -2.15. The number of nitrogen functional groups attached to an aromatic ring is 1. The summed E-state index contributed by atoms with van der Waals surface area (Å²) in [5.74, 6) is 0.136. The Balaban J connectivity index is 1.38. The number of rotatable bonds is 5. The number of amides is 1. The lowest BCUT2D eigenvalue weighted by molar-refractivity contribution is 0.139. The van der Waals surface area contributed by atoms with Crippen molar-refractivity contribution in [1.82, 2.24) is 5.32 Å². The predicted octanol–water partition coefficient (Wildman–Crippen LogP) is 4.01. The van der Waals surface area contributed by atoms with Crippen molar-refractivity contribution < 1.29 is 9.53 Å². The van der Waals surface area contributed by atoms with Crippen molar-refractivity contribution in [2.45, 2.75) is 12.5 Å². The zero-order valence-corrected chi connectivity index (χ0v) is 15.3. The summed E-state index contributed by atoms with van der Waals surface area (Å²) in [6, 6.07) is 23.7. The van der Waals surface area contributed by atoms with Gasteiger partial charge in [0.05, 0.1) is 0 Å². The highest BCUT2D eigenvalue weighted by molar-refractivity contribution is 5.94. The molecule has 3 aromatic rings. The Morgan fingerprint density at radius 1 is 0.929 bits per heavy atom. The molecule has 0 atom stereocenters. The maximum absolute atomic E-state index is 12.2. The number of carbonyl (C=O) groups excluding carboxylic acids is 1. The summed E-state index contributed by atoms with van der Waals surface area (Å²) in [5, 5.41) is 10.3. The van der Waals surface area contributed by atoms with Crippen LogP contribution in [0.2, 0.25) is 0 Å². The molecule has 4 N–H and O–H groups in total. The van der Waals surface area contributed by atoms with E-state index in [1.54, 1.807) is 24.3 Å². The lowest BCUT2D eigenvalue weighted by atomic mass is 9.97. The first kappa shape index (κ1) is 17.8. The third kappa shape index (κ3) is 3.47. The molecule has 1 amide bonds. The first-order valence-electron chi connectivity index (χ1n) is 9.15. The van der Waals surface area contributed by atoms with Crippen LogP contribution in [0.1, 0.15) is 28.2 Å². The average molecular weight is 371 g/mol. The van der Waals surface area contributed by atoms with E-state index in [0.29, 0.717) is 12.1 Å². The summed E-state index contributed by atoms with van der Waals surface area (Å²) in [7, 11) is 0. The van der Waals surface area contributed by atoms with Gasteiger partial charge >= 0.3 is 6.09 Å². The molecule has 28 heavy (non-hydrogen) atoms. The van der Waals surface area contributed by atoms with E-state index in [1.165, 1.54) is 22.3 Å². The van der Waals surface area contributed by atoms with Crippen LogP contribution >= 0.6 is 0 Å². The number of benzene rings is 3. The van der Waals surface area contributed by atoms with Gasteiger partial charge in [-0.15, -0.1) is 0 Å². The fourth-order valence-corrected chi connectivity index (χ4v) is 3.65. The molecule has 1 aliphatic rings. The SMILES string of the molecule is N=C(N)c1ccc(COC(=O)NCC2c3ccccc3-c3ccccc32)cc1. The van der Waals surface area contributed by atoms with E-state index >= 15 is 0 Å². The monoisotopic (exact) mass is 371 g/mol. The molecule has 0 spiro atoms. The van der Waals surface area contributed by atoms with Gasteiger partial charge in [0.1, 0.15) is 12.4 Å². The molecular formula is C23H21N3O2. The van der Waals surface area contributed by atoms with Crippen LogP contribution in [0.5, 0.6) is 0 Å². The van der Waals surface area contributed by atoms with Crippen LogP contribution in [0.25, 0.3) is 11.1 Å². The number of nitrogens with one attached hydrogen (secondary N) is 2. The smallest absolute Gasteiger partial charge is 0.407 e. The van der Waals surface area contributed by atoms with Gasteiger partial charge < -0.3 is 15.8 Å². The topological polar surface area (TPSA) is 88.2 Å². The number of hydrogen-bond donors (Lipinski definition) is 3. The normalized spacial score (nSPS) is 12.1. The molecule has 0 unspecified atom stereocenters. The molecular weight excluding hydrogens is 350 g/mol. The van der Waals surface area contributed by atoms with E-state index < -0.39 is 6.09 Å². The van der Waals surface area contributed by atoms with E-state index in [1.807, 2.05) is 24.3 Å². The van der Waals surface area contributed by atoms with Gasteiger partial charge in [0, 0.05) is 18.0 Å². The number of ether oxygens (including phenoxy) is 1. The fraction of sp³-hybridized carbons (Fsp3) is 0.130. The Bertz CT molecular complexity index is 983. The van der Waals surface area contributed by atoms with Crippen LogP contribution in [0.15, 0.2) is 72.8 Å². The van der Waals surface area contributed by atoms with Crippen molar-refractivity contribution in [2.24, 2.45) is 5.73 Å². The maximum atomic E-state index is 12.2. The van der Waals surface area contributed by atoms with Crippen LogP contribution in [0.3, 0.4) is 0 Å². The Labute approximate surface area is 163 Å². The zero-order chi connectivity index (χ0) is 19.5. The summed E-state index contributed by atoms with van der Waals surface area (Å²) in [5.41, 5.74) is 11.8. The number of hydrogen-bond acceptors (Lipinski definition) is 3. The summed E-state index contributed by atoms with van der Waals surface area (Å²) >= 11 is 0. The van der Waals surface area contributed by atoms with Crippen LogP contribution < -0.4 is 11.1 Å². The van der Waals surface area contributed by atoms with Gasteiger partial charge in [0.2, 0.25) is 0 Å². The van der Waals surface area contributed by atoms with E-state index in [0.717, 1.165) is 5.56 Å². The van der Waals surface area contributed by atoms with Crippen molar-refractivity contribution in [2.75, 3.05) is 6.54 Å². The van der Waals surface area contributed by atoms with Gasteiger partial charge in [-0.1, -0.05) is 72.8 Å². The molecule has 0 saturated heterocycles. The lowest BCUT2D eigenvalue weighted by Crippen LogP contribution is -2.28. The molecule has 140 valence electrons. The number of nitrogens with two attached hydrogens (primary N) is 1. The fourth-order valence-electron chi connectivity index (χ4n) is 3.65. The zero-order valence-electron chi connectivity index (χ0n) is 15.3. The molecule has 0 radical (unpaired) electrons. The van der Waals surface area contributed by atoms with Gasteiger partial charge in [-0.25, -0.2) is 4.79 Å². The summed E-state index contributed by atoms with van der Waals surface area (Å²) in [4.78, 5) is 12.2. The van der Waals surface area contributed by atoms with Crippen molar-refractivity contribution in [1.29, 1.82) is 5.41 Å². The quantitative estimate of drug-likeness (QED) is 0.468. The maximum Gasteiger partial charge on any atom is 0.407 e. The van der Waals surface area contributed by atoms with E-state index in [2.05, 4.69) is 29.6 Å². The second-order valence-corrected chi connectivity index (χ2v) is 6.79. The Morgan fingerprint density at radius 2 is 1.50 bits per heavy atom. The van der Waals surface area contributed by atoms with Crippen molar-refractivity contribution in [3.63, 3.8) is 0 Å². The van der Waals surface area contributed by atoms with Crippen LogP contribution in [-0.4, -0.2) is 18.5 Å².